The van der Waals surface area contributed by atoms with E-state index in [0.29, 0.717) is 0 Å². The van der Waals surface area contributed by atoms with E-state index in [1.807, 2.05) is 0 Å². The van der Waals surface area contributed by atoms with Crippen molar-refractivity contribution >= 4 is 11.8 Å². The number of carbonyl (C=O) groups excluding carboxylic acids is 2. The fraction of sp³-hybridized carbons (Fsp3) is 0.333. The van der Waals surface area contributed by atoms with Crippen molar-refractivity contribution in [3.8, 4) is 11.8 Å². The lowest BCUT2D eigenvalue weighted by Crippen LogP contribution is -2.31. The van der Waals surface area contributed by atoms with E-state index in [1.54, 1.807) is 7.05 Å². The number of nitrogens with one attached hydrogen (secondary N) is 1. The van der Waals surface area contributed by atoms with Crippen LogP contribution in [0.2, 0.25) is 0 Å². The van der Waals surface area contributed by atoms with Crippen LogP contribution in [-0.2, 0) is 4.79 Å². The Kier molecular flexibility index (Phi) is 6.37. The van der Waals surface area contributed by atoms with Crippen LogP contribution in [0.1, 0.15) is 22.3 Å². The van der Waals surface area contributed by atoms with Crippen molar-refractivity contribution in [2.75, 3.05) is 27.2 Å². The molecular formula is C15H18FN3O2. The number of hydrogen-bond acceptors (Lipinski definition) is 3. The number of hydrogen-bond donors (Lipinski definition) is 2. The predicted octanol–water partition coefficient (Wildman–Crippen LogP) is 0.344. The number of halogens is 1. The molecule has 0 saturated heterocycles. The molecule has 0 aliphatic heterocycles. The summed E-state index contributed by atoms with van der Waals surface area (Å²) in [6.07, 6.45) is 0.198. The molecule has 2 amide bonds. The first kappa shape index (κ1) is 16.7. The summed E-state index contributed by atoms with van der Waals surface area (Å²) < 4.78 is 13.3. The number of nitrogens with zero attached hydrogens (tertiary/aromatic N) is 1. The Labute approximate surface area is 123 Å². The third-order valence-corrected chi connectivity index (χ3v) is 2.84. The number of benzene rings is 1. The van der Waals surface area contributed by atoms with E-state index in [1.165, 1.54) is 30.1 Å². The smallest absolute Gasteiger partial charge is 0.254 e. The van der Waals surface area contributed by atoms with E-state index >= 15 is 0 Å². The van der Waals surface area contributed by atoms with Crippen LogP contribution in [0.3, 0.4) is 0 Å². The molecule has 0 aromatic heterocycles. The minimum Gasteiger partial charge on any atom is -0.359 e. The molecule has 112 valence electrons. The van der Waals surface area contributed by atoms with E-state index in [9.17, 15) is 14.0 Å². The van der Waals surface area contributed by atoms with Crippen LogP contribution in [0, 0.1) is 17.7 Å². The Hall–Kier alpha value is -2.39. The van der Waals surface area contributed by atoms with E-state index < -0.39 is 5.82 Å². The summed E-state index contributed by atoms with van der Waals surface area (Å²) in [5.41, 5.74) is 5.87. The highest BCUT2D eigenvalue weighted by Gasteiger charge is 2.16. The van der Waals surface area contributed by atoms with E-state index in [-0.39, 0.29) is 42.5 Å². The van der Waals surface area contributed by atoms with Crippen LogP contribution in [0.4, 0.5) is 4.39 Å². The number of rotatable bonds is 4. The lowest BCUT2D eigenvalue weighted by Gasteiger charge is -2.17. The maximum Gasteiger partial charge on any atom is 0.254 e. The standard InChI is InChI=1S/C15H18FN3O2/c1-18-14(20)7-9-19(2)15(21)13-6-5-12(16)10-11(13)4-3-8-17/h5-6,10H,7-9,17H2,1-2H3,(H,18,20). The van der Waals surface area contributed by atoms with Gasteiger partial charge >= 0.3 is 0 Å². The van der Waals surface area contributed by atoms with Crippen molar-refractivity contribution in [1.82, 2.24) is 10.2 Å². The molecule has 6 heteroatoms. The third kappa shape index (κ3) is 4.89. The Morgan fingerprint density at radius 2 is 2.14 bits per heavy atom. The van der Waals surface area contributed by atoms with Crippen LogP contribution in [0.25, 0.3) is 0 Å². The van der Waals surface area contributed by atoms with E-state index in [2.05, 4.69) is 17.2 Å². The molecule has 1 aromatic rings. The first-order chi connectivity index (χ1) is 9.99. The molecular weight excluding hydrogens is 273 g/mol. The molecule has 0 spiro atoms. The van der Waals surface area contributed by atoms with E-state index in [0.717, 1.165) is 0 Å². The van der Waals surface area contributed by atoms with Crippen LogP contribution >= 0.6 is 0 Å². The average molecular weight is 291 g/mol. The van der Waals surface area contributed by atoms with Crippen LogP contribution in [-0.4, -0.2) is 43.9 Å². The van der Waals surface area contributed by atoms with Gasteiger partial charge < -0.3 is 16.0 Å². The zero-order valence-electron chi connectivity index (χ0n) is 12.1. The van der Waals surface area contributed by atoms with Crippen molar-refractivity contribution in [3.05, 3.63) is 35.1 Å². The van der Waals surface area contributed by atoms with Gasteiger partial charge in [-0.2, -0.15) is 0 Å². The Morgan fingerprint density at radius 3 is 2.76 bits per heavy atom. The molecule has 0 unspecified atom stereocenters. The van der Waals surface area contributed by atoms with Gasteiger partial charge in [0.1, 0.15) is 5.82 Å². The molecule has 0 aliphatic carbocycles. The minimum absolute atomic E-state index is 0.122. The van der Waals surface area contributed by atoms with E-state index in [4.69, 9.17) is 5.73 Å². The molecule has 0 heterocycles. The average Bonchev–Trinajstić information content (AvgIpc) is 2.49. The fourth-order valence-electron chi connectivity index (χ4n) is 1.65. The first-order valence-corrected chi connectivity index (χ1v) is 6.44. The first-order valence-electron chi connectivity index (χ1n) is 6.44. The van der Waals surface area contributed by atoms with Gasteiger partial charge in [-0.15, -0.1) is 0 Å². The summed E-state index contributed by atoms with van der Waals surface area (Å²) in [5, 5.41) is 2.48. The Morgan fingerprint density at radius 1 is 1.43 bits per heavy atom. The fourth-order valence-corrected chi connectivity index (χ4v) is 1.65. The van der Waals surface area contributed by atoms with Gasteiger partial charge in [0.25, 0.3) is 5.91 Å². The van der Waals surface area contributed by atoms with Gasteiger partial charge in [-0.05, 0) is 18.2 Å². The van der Waals surface area contributed by atoms with Gasteiger partial charge in [-0.1, -0.05) is 11.8 Å². The number of carbonyl (C=O) groups is 2. The number of amides is 2. The van der Waals surface area contributed by atoms with Crippen molar-refractivity contribution in [3.63, 3.8) is 0 Å². The minimum atomic E-state index is -0.471. The van der Waals surface area contributed by atoms with Gasteiger partial charge in [-0.3, -0.25) is 9.59 Å². The topological polar surface area (TPSA) is 75.4 Å². The maximum atomic E-state index is 13.3. The largest absolute Gasteiger partial charge is 0.359 e. The molecule has 0 atom stereocenters. The molecule has 1 rings (SSSR count). The SMILES string of the molecule is CNC(=O)CCN(C)C(=O)c1ccc(F)cc1C#CCN. The van der Waals surface area contributed by atoms with Crippen molar-refractivity contribution in [2.24, 2.45) is 5.73 Å². The molecule has 5 nitrogen and oxygen atoms in total. The maximum absolute atomic E-state index is 13.3. The Bertz CT molecular complexity index is 590. The predicted molar refractivity (Wildman–Crippen MR) is 78.0 cm³/mol. The Balaban J connectivity index is 2.93. The summed E-state index contributed by atoms with van der Waals surface area (Å²) in [6.45, 7) is 0.385. The van der Waals surface area contributed by atoms with Crippen LogP contribution in [0.15, 0.2) is 18.2 Å². The molecule has 0 saturated carbocycles. The monoisotopic (exact) mass is 291 g/mol. The van der Waals surface area contributed by atoms with Crippen molar-refractivity contribution in [1.29, 1.82) is 0 Å². The molecule has 0 fully saturated rings. The van der Waals surface area contributed by atoms with Gasteiger partial charge in [-0.25, -0.2) is 4.39 Å². The highest BCUT2D eigenvalue weighted by Crippen LogP contribution is 2.13. The van der Waals surface area contributed by atoms with Gasteiger partial charge in [0.15, 0.2) is 0 Å². The van der Waals surface area contributed by atoms with Crippen molar-refractivity contribution in [2.45, 2.75) is 6.42 Å². The quantitative estimate of drug-likeness (QED) is 0.786. The summed E-state index contributed by atoms with van der Waals surface area (Å²) in [7, 11) is 3.11. The summed E-state index contributed by atoms with van der Waals surface area (Å²) in [4.78, 5) is 24.9. The lowest BCUT2D eigenvalue weighted by atomic mass is 10.1. The van der Waals surface area contributed by atoms with Crippen LogP contribution in [0.5, 0.6) is 0 Å². The third-order valence-electron chi connectivity index (χ3n) is 2.84. The van der Waals surface area contributed by atoms with Crippen molar-refractivity contribution < 1.29 is 14.0 Å². The summed E-state index contributed by atoms with van der Waals surface area (Å²) in [6, 6.07) is 3.78. The second kappa shape index (κ2) is 8.02. The summed E-state index contributed by atoms with van der Waals surface area (Å²) >= 11 is 0. The highest BCUT2D eigenvalue weighted by atomic mass is 19.1. The lowest BCUT2D eigenvalue weighted by molar-refractivity contribution is -0.120. The van der Waals surface area contributed by atoms with Gasteiger partial charge in [0.2, 0.25) is 5.91 Å². The molecule has 0 aliphatic rings. The van der Waals surface area contributed by atoms with Gasteiger partial charge in [0.05, 0.1) is 12.1 Å². The number of nitrogens with two attached hydrogens (primary N) is 1. The second-order valence-electron chi connectivity index (χ2n) is 4.35. The molecule has 0 bridgehead atoms. The summed E-state index contributed by atoms with van der Waals surface area (Å²) in [5.74, 6) is 4.34. The second-order valence-corrected chi connectivity index (χ2v) is 4.35. The molecule has 0 radical (unpaired) electrons. The molecule has 3 N–H and O–H groups in total. The molecule has 1 aromatic carbocycles. The normalized spacial score (nSPS) is 9.52. The zero-order chi connectivity index (χ0) is 15.8. The molecule has 21 heavy (non-hydrogen) atoms. The van der Waals surface area contributed by atoms with Gasteiger partial charge in [0, 0.05) is 32.6 Å². The zero-order valence-corrected chi connectivity index (χ0v) is 12.1. The van der Waals surface area contributed by atoms with Crippen LogP contribution < -0.4 is 11.1 Å². The highest BCUT2D eigenvalue weighted by molar-refractivity contribution is 5.96.